The Kier molecular flexibility index (Phi) is 6.79. The second-order valence-corrected chi connectivity index (χ2v) is 3.42. The Balaban J connectivity index is 0.000000659. The SMILES string of the molecule is CC.CC.Cc1cccc2cc(O)c(O)[n+](C)c12. The van der Waals surface area contributed by atoms with Crippen LogP contribution in [0, 0.1) is 6.92 Å². The van der Waals surface area contributed by atoms with Crippen LogP contribution in [0.3, 0.4) is 0 Å². The molecule has 0 spiro atoms. The number of aryl methyl sites for hydroxylation is 2. The summed E-state index contributed by atoms with van der Waals surface area (Å²) in [5.41, 5.74) is 2.00. The topological polar surface area (TPSA) is 44.3 Å². The molecule has 1 heterocycles. The number of para-hydroxylation sites is 1. The van der Waals surface area contributed by atoms with Crippen molar-refractivity contribution in [3.8, 4) is 11.6 Å². The van der Waals surface area contributed by atoms with Crippen molar-refractivity contribution in [1.29, 1.82) is 0 Å². The molecule has 0 saturated carbocycles. The molecule has 18 heavy (non-hydrogen) atoms. The molecular weight excluding hydrogens is 226 g/mol. The maximum absolute atomic E-state index is 9.54. The van der Waals surface area contributed by atoms with Crippen molar-refractivity contribution in [1.82, 2.24) is 0 Å². The number of benzene rings is 1. The minimum absolute atomic E-state index is 0.0920. The quantitative estimate of drug-likeness (QED) is 0.703. The van der Waals surface area contributed by atoms with E-state index < -0.39 is 0 Å². The van der Waals surface area contributed by atoms with Crippen LogP contribution in [-0.4, -0.2) is 10.2 Å². The Morgan fingerprint density at radius 1 is 1.00 bits per heavy atom. The average Bonchev–Trinajstić information content (AvgIpc) is 2.41. The molecule has 0 fully saturated rings. The lowest BCUT2D eigenvalue weighted by atomic mass is 10.1. The highest BCUT2D eigenvalue weighted by atomic mass is 16.3. The summed E-state index contributed by atoms with van der Waals surface area (Å²) in [6.45, 7) is 9.97. The van der Waals surface area contributed by atoms with Crippen LogP contribution >= 0.6 is 0 Å². The van der Waals surface area contributed by atoms with Gasteiger partial charge in [-0.25, -0.2) is 0 Å². The number of hydrogen-bond acceptors (Lipinski definition) is 2. The number of nitrogens with zero attached hydrogens (tertiary/aromatic N) is 1. The van der Waals surface area contributed by atoms with Crippen LogP contribution in [0.1, 0.15) is 33.3 Å². The van der Waals surface area contributed by atoms with Gasteiger partial charge in [-0.15, -0.1) is 0 Å². The van der Waals surface area contributed by atoms with Gasteiger partial charge in [0.1, 0.15) is 7.05 Å². The first-order valence-electron chi connectivity index (χ1n) is 6.41. The first kappa shape index (κ1) is 16.2. The van der Waals surface area contributed by atoms with Gasteiger partial charge in [0, 0.05) is 11.6 Å². The van der Waals surface area contributed by atoms with Crippen molar-refractivity contribution in [2.75, 3.05) is 0 Å². The summed E-state index contributed by atoms with van der Waals surface area (Å²) in [6.07, 6.45) is 0. The number of aromatic nitrogens is 1. The number of hydrogen-bond donors (Lipinski definition) is 2. The minimum Gasteiger partial charge on any atom is -0.500 e. The fourth-order valence-corrected chi connectivity index (χ4v) is 1.75. The number of rotatable bonds is 0. The predicted octanol–water partition coefficient (Wildman–Crippen LogP) is 3.44. The standard InChI is InChI=1S/C11H11NO2.2C2H6/c1-7-4-3-5-8-6-9(13)11(14)12(2)10(7)8;2*1-2/h3-6,13H,1-2H3;2*1-2H3/p+1. The van der Waals surface area contributed by atoms with Crippen molar-refractivity contribution in [3.63, 3.8) is 0 Å². The summed E-state index contributed by atoms with van der Waals surface area (Å²) < 4.78 is 1.58. The van der Waals surface area contributed by atoms with Crippen LogP contribution in [0.25, 0.3) is 10.9 Å². The molecule has 3 heteroatoms. The average molecular weight is 250 g/mol. The van der Waals surface area contributed by atoms with Crippen molar-refractivity contribution in [3.05, 3.63) is 29.8 Å². The first-order valence-corrected chi connectivity index (χ1v) is 6.41. The van der Waals surface area contributed by atoms with Crippen LogP contribution in [0.5, 0.6) is 11.6 Å². The Hall–Kier alpha value is -1.77. The molecule has 0 aliphatic carbocycles. The molecule has 2 aromatic rings. The molecular formula is C15H24NO2+. The van der Waals surface area contributed by atoms with Crippen molar-refractivity contribution < 1.29 is 14.8 Å². The Morgan fingerprint density at radius 3 is 2.11 bits per heavy atom. The maximum atomic E-state index is 9.54. The fraction of sp³-hybridized carbons (Fsp3) is 0.400. The van der Waals surface area contributed by atoms with E-state index in [1.165, 1.54) is 0 Å². The van der Waals surface area contributed by atoms with E-state index in [1.54, 1.807) is 17.7 Å². The van der Waals surface area contributed by atoms with Crippen molar-refractivity contribution in [2.45, 2.75) is 34.6 Å². The molecule has 2 N–H and O–H groups in total. The van der Waals surface area contributed by atoms with E-state index in [0.29, 0.717) is 0 Å². The summed E-state index contributed by atoms with van der Waals surface area (Å²) in [5.74, 6) is -0.197. The second-order valence-electron chi connectivity index (χ2n) is 3.42. The van der Waals surface area contributed by atoms with Crippen LogP contribution in [-0.2, 0) is 7.05 Å². The summed E-state index contributed by atoms with van der Waals surface area (Å²) in [5, 5.41) is 19.9. The molecule has 0 bridgehead atoms. The summed E-state index contributed by atoms with van der Waals surface area (Å²) in [7, 11) is 1.73. The Bertz CT molecular complexity index is 507. The van der Waals surface area contributed by atoms with E-state index in [0.717, 1.165) is 16.5 Å². The molecule has 0 amide bonds. The van der Waals surface area contributed by atoms with E-state index in [4.69, 9.17) is 0 Å². The molecule has 1 aromatic carbocycles. The van der Waals surface area contributed by atoms with E-state index in [9.17, 15) is 10.2 Å². The third-order valence-electron chi connectivity index (χ3n) is 2.44. The van der Waals surface area contributed by atoms with Gasteiger partial charge in [-0.2, -0.15) is 4.57 Å². The van der Waals surface area contributed by atoms with Gasteiger partial charge in [-0.3, -0.25) is 0 Å². The second kappa shape index (κ2) is 7.54. The molecule has 2 rings (SSSR count). The van der Waals surface area contributed by atoms with E-state index in [2.05, 4.69) is 0 Å². The van der Waals surface area contributed by atoms with Gasteiger partial charge in [-0.1, -0.05) is 39.8 Å². The molecule has 1 aromatic heterocycles. The largest absolute Gasteiger partial charge is 0.500 e. The Morgan fingerprint density at radius 2 is 1.56 bits per heavy atom. The van der Waals surface area contributed by atoms with Gasteiger partial charge in [0.15, 0.2) is 0 Å². The van der Waals surface area contributed by atoms with E-state index in [1.807, 2.05) is 52.8 Å². The molecule has 100 valence electrons. The smallest absolute Gasteiger partial charge is 0.409 e. The molecule has 0 aliphatic rings. The summed E-state index contributed by atoms with van der Waals surface area (Å²) in [4.78, 5) is 0. The lowest BCUT2D eigenvalue weighted by Crippen LogP contribution is -2.29. The number of fused-ring (bicyclic) bond motifs is 1. The van der Waals surface area contributed by atoms with E-state index >= 15 is 0 Å². The molecule has 0 saturated heterocycles. The molecule has 0 aliphatic heterocycles. The fourth-order valence-electron chi connectivity index (χ4n) is 1.75. The third-order valence-corrected chi connectivity index (χ3v) is 2.44. The Labute approximate surface area is 109 Å². The lowest BCUT2D eigenvalue weighted by Gasteiger charge is -2.02. The van der Waals surface area contributed by atoms with Crippen LogP contribution in [0.4, 0.5) is 0 Å². The monoisotopic (exact) mass is 250 g/mol. The van der Waals surface area contributed by atoms with Gasteiger partial charge in [0.25, 0.3) is 0 Å². The number of pyridine rings is 1. The van der Waals surface area contributed by atoms with Gasteiger partial charge in [-0.05, 0) is 13.0 Å². The zero-order valence-electron chi connectivity index (χ0n) is 12.2. The lowest BCUT2D eigenvalue weighted by molar-refractivity contribution is -0.652. The van der Waals surface area contributed by atoms with Crippen LogP contribution in [0.15, 0.2) is 24.3 Å². The highest BCUT2D eigenvalue weighted by Crippen LogP contribution is 2.25. The van der Waals surface area contributed by atoms with Crippen LogP contribution < -0.4 is 4.57 Å². The zero-order chi connectivity index (χ0) is 14.3. The first-order chi connectivity index (χ1) is 8.61. The van der Waals surface area contributed by atoms with Gasteiger partial charge >= 0.3 is 5.88 Å². The summed E-state index contributed by atoms with van der Waals surface area (Å²) in [6, 6.07) is 7.37. The minimum atomic E-state index is -0.105. The highest BCUT2D eigenvalue weighted by molar-refractivity contribution is 5.80. The van der Waals surface area contributed by atoms with Crippen molar-refractivity contribution >= 4 is 10.9 Å². The van der Waals surface area contributed by atoms with Crippen LogP contribution in [0.2, 0.25) is 0 Å². The summed E-state index contributed by atoms with van der Waals surface area (Å²) >= 11 is 0. The normalized spacial score (nSPS) is 9.00. The number of aromatic hydroxyl groups is 2. The molecule has 0 unspecified atom stereocenters. The molecule has 0 atom stereocenters. The zero-order valence-corrected chi connectivity index (χ0v) is 12.2. The highest BCUT2D eigenvalue weighted by Gasteiger charge is 2.17. The molecule has 3 nitrogen and oxygen atoms in total. The van der Waals surface area contributed by atoms with E-state index in [-0.39, 0.29) is 11.6 Å². The van der Waals surface area contributed by atoms with Gasteiger partial charge in [0.2, 0.25) is 11.3 Å². The van der Waals surface area contributed by atoms with Crippen molar-refractivity contribution in [2.24, 2.45) is 7.05 Å². The maximum Gasteiger partial charge on any atom is 0.409 e. The predicted molar refractivity (Wildman–Crippen MR) is 75.9 cm³/mol. The van der Waals surface area contributed by atoms with Gasteiger partial charge < -0.3 is 10.2 Å². The molecule has 0 radical (unpaired) electrons. The third kappa shape index (κ3) is 3.13. The van der Waals surface area contributed by atoms with Gasteiger partial charge in [0.05, 0.1) is 5.39 Å².